The number of benzene rings is 1. The van der Waals surface area contributed by atoms with E-state index in [1.807, 2.05) is 12.1 Å². The average molecular weight is 311 g/mol. The Balaban J connectivity index is 2.57. The second kappa shape index (κ2) is 6.96. The van der Waals surface area contributed by atoms with E-state index >= 15 is 0 Å². The summed E-state index contributed by atoms with van der Waals surface area (Å²) in [5.74, 6) is -0.379. The van der Waals surface area contributed by atoms with Gasteiger partial charge in [-0.3, -0.25) is 9.59 Å². The van der Waals surface area contributed by atoms with Crippen LogP contribution in [-0.2, 0) is 9.59 Å². The highest BCUT2D eigenvalue weighted by atomic mass is 79.9. The Bertz CT molecular complexity index is 443. The van der Waals surface area contributed by atoms with Gasteiger partial charge in [0, 0.05) is 23.6 Å². The van der Waals surface area contributed by atoms with Gasteiger partial charge in [0.15, 0.2) is 0 Å². The van der Waals surface area contributed by atoms with E-state index in [1.165, 1.54) is 11.8 Å². The first-order chi connectivity index (χ1) is 8.52. The lowest BCUT2D eigenvalue weighted by atomic mass is 10.3. The monoisotopic (exact) mass is 310 g/mol. The lowest BCUT2D eigenvalue weighted by Gasteiger charge is -2.18. The Morgan fingerprint density at radius 1 is 1.39 bits per heavy atom. The summed E-state index contributed by atoms with van der Waals surface area (Å²) in [5.41, 5.74) is 0.699. The fraction of sp³-hybridized carbons (Fsp3) is 0.231. The number of hydrogen-bond donors (Lipinski definition) is 1. The van der Waals surface area contributed by atoms with Crippen LogP contribution in [0.15, 0.2) is 41.4 Å². The molecular formula is C13H15BrN2O2. The van der Waals surface area contributed by atoms with E-state index in [0.717, 1.165) is 4.47 Å². The number of amides is 2. The van der Waals surface area contributed by atoms with E-state index in [1.54, 1.807) is 18.2 Å². The smallest absolute Gasteiger partial charge is 0.244 e. The number of hydrogen-bond acceptors (Lipinski definition) is 2. The molecule has 1 aromatic rings. The third-order valence-corrected chi connectivity index (χ3v) is 2.79. The van der Waals surface area contributed by atoms with Crippen molar-refractivity contribution in [3.05, 3.63) is 41.4 Å². The zero-order valence-electron chi connectivity index (χ0n) is 10.1. The maximum Gasteiger partial charge on any atom is 0.244 e. The Hall–Kier alpha value is -1.62. The van der Waals surface area contributed by atoms with Crippen molar-refractivity contribution in [3.8, 4) is 0 Å². The topological polar surface area (TPSA) is 49.4 Å². The van der Waals surface area contributed by atoms with Crippen molar-refractivity contribution in [1.29, 1.82) is 0 Å². The van der Waals surface area contributed by atoms with Gasteiger partial charge in [0.25, 0.3) is 0 Å². The zero-order chi connectivity index (χ0) is 13.5. The molecule has 0 radical (unpaired) electrons. The third kappa shape index (κ3) is 4.71. The molecular weight excluding hydrogens is 296 g/mol. The summed E-state index contributed by atoms with van der Waals surface area (Å²) in [5, 5.41) is 2.72. The predicted molar refractivity (Wildman–Crippen MR) is 75.2 cm³/mol. The number of nitrogens with one attached hydrogen (secondary N) is 1. The van der Waals surface area contributed by atoms with Gasteiger partial charge in [-0.05, 0) is 24.3 Å². The van der Waals surface area contributed by atoms with Crippen molar-refractivity contribution in [3.63, 3.8) is 0 Å². The lowest BCUT2D eigenvalue weighted by molar-refractivity contribution is -0.132. The number of nitrogens with zero attached hydrogens (tertiary/aromatic N) is 1. The molecule has 1 aromatic carbocycles. The molecule has 0 aliphatic carbocycles. The molecule has 1 N–H and O–H groups in total. The van der Waals surface area contributed by atoms with Gasteiger partial charge < -0.3 is 10.2 Å². The summed E-state index contributed by atoms with van der Waals surface area (Å²) in [6.45, 7) is 5.37. The van der Waals surface area contributed by atoms with Crippen LogP contribution in [0.4, 0.5) is 5.69 Å². The van der Waals surface area contributed by atoms with Gasteiger partial charge in [-0.2, -0.15) is 0 Å². The lowest BCUT2D eigenvalue weighted by Crippen LogP contribution is -2.36. The molecule has 1 rings (SSSR count). The van der Waals surface area contributed by atoms with Crippen molar-refractivity contribution in [2.75, 3.05) is 18.4 Å². The third-order valence-electron chi connectivity index (χ3n) is 2.26. The molecule has 0 aliphatic rings. The van der Waals surface area contributed by atoms with Crippen LogP contribution >= 0.6 is 15.9 Å². The van der Waals surface area contributed by atoms with Crippen LogP contribution in [0.1, 0.15) is 6.92 Å². The molecule has 2 amide bonds. The van der Waals surface area contributed by atoms with Gasteiger partial charge in [0.05, 0.1) is 0 Å². The minimum atomic E-state index is -0.227. The van der Waals surface area contributed by atoms with Crippen molar-refractivity contribution in [1.82, 2.24) is 4.90 Å². The van der Waals surface area contributed by atoms with Crippen LogP contribution in [-0.4, -0.2) is 29.8 Å². The van der Waals surface area contributed by atoms with Gasteiger partial charge in [0.2, 0.25) is 11.8 Å². The molecule has 5 heteroatoms. The maximum atomic E-state index is 11.7. The van der Waals surface area contributed by atoms with Crippen LogP contribution in [0.25, 0.3) is 0 Å². The number of rotatable bonds is 5. The maximum absolute atomic E-state index is 11.7. The second-order valence-electron chi connectivity index (χ2n) is 3.74. The highest BCUT2D eigenvalue weighted by molar-refractivity contribution is 9.10. The molecule has 0 spiro atoms. The Kier molecular flexibility index (Phi) is 5.58. The van der Waals surface area contributed by atoms with Gasteiger partial charge >= 0.3 is 0 Å². The number of carbonyl (C=O) groups is 2. The van der Waals surface area contributed by atoms with E-state index in [0.29, 0.717) is 12.2 Å². The summed E-state index contributed by atoms with van der Waals surface area (Å²) < 4.78 is 0.942. The largest absolute Gasteiger partial charge is 0.330 e. The van der Waals surface area contributed by atoms with Crippen LogP contribution in [0.2, 0.25) is 0 Å². The molecule has 0 saturated carbocycles. The molecule has 18 heavy (non-hydrogen) atoms. The molecule has 0 aromatic heterocycles. The van der Waals surface area contributed by atoms with Gasteiger partial charge in [0.1, 0.15) is 6.54 Å². The van der Waals surface area contributed by atoms with Crippen molar-refractivity contribution in [2.45, 2.75) is 6.92 Å². The summed E-state index contributed by atoms with van der Waals surface area (Å²) in [6, 6.07) is 7.24. The number of carbonyl (C=O) groups excluding carboxylic acids is 2. The SMILES string of the molecule is C=CCN(CC(=O)Nc1ccc(Br)cc1)C(C)=O. The Morgan fingerprint density at radius 2 is 2.00 bits per heavy atom. The fourth-order valence-corrected chi connectivity index (χ4v) is 1.63. The van der Waals surface area contributed by atoms with E-state index in [-0.39, 0.29) is 18.4 Å². The minimum absolute atomic E-state index is 0.0252. The highest BCUT2D eigenvalue weighted by Crippen LogP contribution is 2.13. The highest BCUT2D eigenvalue weighted by Gasteiger charge is 2.11. The van der Waals surface area contributed by atoms with Crippen molar-refractivity contribution >= 4 is 33.4 Å². The van der Waals surface area contributed by atoms with Gasteiger partial charge in [-0.1, -0.05) is 22.0 Å². The van der Waals surface area contributed by atoms with Crippen molar-refractivity contribution < 1.29 is 9.59 Å². The van der Waals surface area contributed by atoms with Gasteiger partial charge in [-0.25, -0.2) is 0 Å². The number of anilines is 1. The molecule has 0 saturated heterocycles. The van der Waals surface area contributed by atoms with Crippen LogP contribution in [0.3, 0.4) is 0 Å². The number of halogens is 1. The first-order valence-corrected chi connectivity index (χ1v) is 6.24. The van der Waals surface area contributed by atoms with E-state index in [9.17, 15) is 9.59 Å². The molecule has 4 nitrogen and oxygen atoms in total. The molecule has 0 unspecified atom stereocenters. The standard InChI is InChI=1S/C13H15BrN2O2/c1-3-8-16(10(2)17)9-13(18)15-12-6-4-11(14)5-7-12/h3-7H,1,8-9H2,2H3,(H,15,18). The van der Waals surface area contributed by atoms with Crippen LogP contribution < -0.4 is 5.32 Å². The molecule has 0 bridgehead atoms. The molecule has 0 heterocycles. The predicted octanol–water partition coefficient (Wildman–Crippen LogP) is 2.42. The Labute approximate surface area is 115 Å². The summed E-state index contributed by atoms with van der Waals surface area (Å²) in [6.07, 6.45) is 1.59. The second-order valence-corrected chi connectivity index (χ2v) is 4.66. The van der Waals surface area contributed by atoms with Crippen LogP contribution in [0.5, 0.6) is 0 Å². The molecule has 96 valence electrons. The van der Waals surface area contributed by atoms with E-state index < -0.39 is 0 Å². The van der Waals surface area contributed by atoms with E-state index in [2.05, 4.69) is 27.8 Å². The summed E-state index contributed by atoms with van der Waals surface area (Å²) >= 11 is 3.31. The Morgan fingerprint density at radius 3 is 2.50 bits per heavy atom. The quantitative estimate of drug-likeness (QED) is 0.849. The van der Waals surface area contributed by atoms with Gasteiger partial charge in [-0.15, -0.1) is 6.58 Å². The van der Waals surface area contributed by atoms with Crippen molar-refractivity contribution in [2.24, 2.45) is 0 Å². The zero-order valence-corrected chi connectivity index (χ0v) is 11.7. The first kappa shape index (κ1) is 14.4. The first-order valence-electron chi connectivity index (χ1n) is 5.44. The average Bonchev–Trinajstić information content (AvgIpc) is 2.31. The normalized spacial score (nSPS) is 9.67. The fourth-order valence-electron chi connectivity index (χ4n) is 1.37. The minimum Gasteiger partial charge on any atom is -0.330 e. The summed E-state index contributed by atoms with van der Waals surface area (Å²) in [7, 11) is 0. The van der Waals surface area contributed by atoms with E-state index in [4.69, 9.17) is 0 Å². The summed E-state index contributed by atoms with van der Waals surface area (Å²) in [4.78, 5) is 24.4. The molecule has 0 atom stereocenters. The molecule has 0 aliphatic heterocycles. The molecule has 0 fully saturated rings. The van der Waals surface area contributed by atoms with Crippen LogP contribution in [0, 0.1) is 0 Å².